The average molecular weight is 400 g/mol. The smallest absolute Gasteiger partial charge is 0.256 e. The highest BCUT2D eigenvalue weighted by Gasteiger charge is 2.25. The quantitative estimate of drug-likeness (QED) is 0.598. The van der Waals surface area contributed by atoms with Crippen molar-refractivity contribution < 1.29 is 18.4 Å². The minimum absolute atomic E-state index is 0.307. The highest BCUT2D eigenvalue weighted by atomic mass is 19.1. The van der Waals surface area contributed by atoms with Crippen molar-refractivity contribution in [3.63, 3.8) is 0 Å². The van der Waals surface area contributed by atoms with Crippen LogP contribution in [-0.4, -0.2) is 11.8 Å². The number of hydrogen-bond donors (Lipinski definition) is 2. The van der Waals surface area contributed by atoms with Gasteiger partial charge in [-0.15, -0.1) is 0 Å². The molecule has 6 heteroatoms. The maximum absolute atomic E-state index is 13.6. The van der Waals surface area contributed by atoms with E-state index in [9.17, 15) is 18.4 Å². The van der Waals surface area contributed by atoms with E-state index in [1.54, 1.807) is 24.3 Å². The Morgan fingerprint density at radius 2 is 1.10 bits per heavy atom. The number of nitrogens with one attached hydrogen (secondary N) is 2. The van der Waals surface area contributed by atoms with Crippen LogP contribution in [0.3, 0.4) is 0 Å². The molecule has 0 bridgehead atoms. The Hall–Kier alpha value is -4.06. The topological polar surface area (TPSA) is 58.2 Å². The summed E-state index contributed by atoms with van der Waals surface area (Å²) in [5, 5.41) is 5.43. The van der Waals surface area contributed by atoms with Crippen LogP contribution >= 0.6 is 0 Å². The number of benzene rings is 3. The highest BCUT2D eigenvalue weighted by molar-refractivity contribution is 6.35. The zero-order chi connectivity index (χ0) is 20.8. The van der Waals surface area contributed by atoms with Crippen molar-refractivity contribution >= 4 is 46.5 Å². The van der Waals surface area contributed by atoms with E-state index >= 15 is 0 Å². The van der Waals surface area contributed by atoms with Gasteiger partial charge in [0.1, 0.15) is 11.6 Å². The fourth-order valence-corrected chi connectivity index (χ4v) is 3.68. The molecule has 0 unspecified atom stereocenters. The number of carbonyl (C=O) groups is 2. The second-order valence-corrected chi connectivity index (χ2v) is 7.07. The molecule has 0 saturated heterocycles. The largest absolute Gasteiger partial charge is 0.321 e. The molecule has 146 valence electrons. The zero-order valence-corrected chi connectivity index (χ0v) is 15.5. The summed E-state index contributed by atoms with van der Waals surface area (Å²) < 4.78 is 27.3. The molecular formula is C24H14F2N2O2. The second kappa shape index (κ2) is 6.77. The van der Waals surface area contributed by atoms with E-state index in [0.29, 0.717) is 44.8 Å². The molecule has 0 atom stereocenters. The average Bonchev–Trinajstić information content (AvgIpc) is 3.19. The lowest BCUT2D eigenvalue weighted by Gasteiger charge is -2.02. The predicted molar refractivity (Wildman–Crippen MR) is 112 cm³/mol. The Morgan fingerprint density at radius 1 is 0.633 bits per heavy atom. The second-order valence-electron chi connectivity index (χ2n) is 7.07. The van der Waals surface area contributed by atoms with Gasteiger partial charge < -0.3 is 10.6 Å². The number of rotatable bonds is 2. The third-order valence-electron chi connectivity index (χ3n) is 5.06. The maximum Gasteiger partial charge on any atom is 0.256 e. The van der Waals surface area contributed by atoms with Crippen molar-refractivity contribution in [3.8, 4) is 0 Å². The van der Waals surface area contributed by atoms with Crippen molar-refractivity contribution in [2.75, 3.05) is 10.6 Å². The lowest BCUT2D eigenvalue weighted by atomic mass is 10.0. The van der Waals surface area contributed by atoms with Crippen LogP contribution in [0, 0.1) is 11.6 Å². The number of hydrogen-bond acceptors (Lipinski definition) is 2. The molecule has 2 aliphatic rings. The summed E-state index contributed by atoms with van der Waals surface area (Å²) in [6, 6.07) is 15.5. The fourth-order valence-electron chi connectivity index (χ4n) is 3.68. The molecule has 2 N–H and O–H groups in total. The van der Waals surface area contributed by atoms with Gasteiger partial charge in [0.25, 0.3) is 11.8 Å². The number of carbonyl (C=O) groups excluding carboxylic acids is 2. The van der Waals surface area contributed by atoms with Gasteiger partial charge in [-0.25, -0.2) is 8.78 Å². The molecular weight excluding hydrogens is 386 g/mol. The van der Waals surface area contributed by atoms with Gasteiger partial charge in [0.2, 0.25) is 0 Å². The molecule has 0 radical (unpaired) electrons. The molecule has 30 heavy (non-hydrogen) atoms. The van der Waals surface area contributed by atoms with Gasteiger partial charge in [0.05, 0.1) is 0 Å². The molecule has 2 heterocycles. The first-order valence-electron chi connectivity index (χ1n) is 9.24. The van der Waals surface area contributed by atoms with Gasteiger partial charge >= 0.3 is 0 Å². The van der Waals surface area contributed by atoms with Crippen molar-refractivity contribution in [2.24, 2.45) is 0 Å². The molecule has 3 aromatic carbocycles. The normalized spacial score (nSPS) is 17.1. The molecule has 5 rings (SSSR count). The molecule has 0 aliphatic carbocycles. The summed E-state index contributed by atoms with van der Waals surface area (Å²) in [5.41, 5.74) is 4.28. The summed E-state index contributed by atoms with van der Waals surface area (Å²) in [6.07, 6.45) is 3.34. The van der Waals surface area contributed by atoms with E-state index < -0.39 is 11.6 Å². The van der Waals surface area contributed by atoms with E-state index in [2.05, 4.69) is 10.6 Å². The first kappa shape index (κ1) is 18.0. The Kier molecular flexibility index (Phi) is 4.06. The molecule has 3 aromatic rings. The van der Waals surface area contributed by atoms with E-state index in [4.69, 9.17) is 0 Å². The lowest BCUT2D eigenvalue weighted by Crippen LogP contribution is -2.03. The SMILES string of the molecule is O=C1Nc2ccc(F)cc2/C1=C\c1cccc(/C=C2/C(=O)Nc3ccc(F)cc32)c1. The predicted octanol–water partition coefficient (Wildman–Crippen LogP) is 4.95. The minimum Gasteiger partial charge on any atom is -0.321 e. The molecule has 2 amide bonds. The Morgan fingerprint density at radius 3 is 1.57 bits per heavy atom. The highest BCUT2D eigenvalue weighted by Crippen LogP contribution is 2.35. The summed E-state index contributed by atoms with van der Waals surface area (Å²) >= 11 is 0. The lowest BCUT2D eigenvalue weighted by molar-refractivity contribution is -0.111. The number of anilines is 2. The standard InChI is InChI=1S/C24H14F2N2O2/c25-15-4-6-21-17(11-15)19(23(29)27-21)9-13-2-1-3-14(8-13)10-20-18-12-16(26)5-7-22(18)28-24(20)30/h1-12H,(H,27,29)(H,28,30)/b19-9+,20-10+. The van der Waals surface area contributed by atoms with E-state index in [0.717, 1.165) is 0 Å². The van der Waals surface area contributed by atoms with Gasteiger partial charge in [0, 0.05) is 33.6 Å². The van der Waals surface area contributed by atoms with Crippen LogP contribution in [0.2, 0.25) is 0 Å². The zero-order valence-electron chi connectivity index (χ0n) is 15.5. The van der Waals surface area contributed by atoms with Crippen LogP contribution in [0.5, 0.6) is 0 Å². The third kappa shape index (κ3) is 3.08. The molecule has 4 nitrogen and oxygen atoms in total. The van der Waals surface area contributed by atoms with E-state index in [1.807, 2.05) is 12.1 Å². The summed E-state index contributed by atoms with van der Waals surface area (Å²) in [4.78, 5) is 24.6. The molecule has 0 fully saturated rings. The number of fused-ring (bicyclic) bond motifs is 2. The van der Waals surface area contributed by atoms with Gasteiger partial charge in [-0.05, 0) is 65.7 Å². The first-order chi connectivity index (χ1) is 14.5. The van der Waals surface area contributed by atoms with Crippen LogP contribution in [0.15, 0.2) is 60.7 Å². The van der Waals surface area contributed by atoms with Crippen LogP contribution in [0.25, 0.3) is 23.3 Å². The van der Waals surface area contributed by atoms with E-state index in [1.165, 1.54) is 36.4 Å². The Bertz CT molecular complexity index is 1210. The summed E-state index contributed by atoms with van der Waals surface area (Å²) in [6.45, 7) is 0. The Labute approximate surface area is 170 Å². The van der Waals surface area contributed by atoms with Crippen molar-refractivity contribution in [2.45, 2.75) is 0 Å². The number of halogens is 2. The van der Waals surface area contributed by atoms with E-state index in [-0.39, 0.29) is 11.8 Å². The number of amides is 2. The monoisotopic (exact) mass is 400 g/mol. The van der Waals surface area contributed by atoms with Gasteiger partial charge in [-0.3, -0.25) is 9.59 Å². The minimum atomic E-state index is -0.423. The first-order valence-corrected chi connectivity index (χ1v) is 9.24. The van der Waals surface area contributed by atoms with Gasteiger partial charge in [-0.2, -0.15) is 0 Å². The van der Waals surface area contributed by atoms with Crippen molar-refractivity contribution in [3.05, 3.63) is 94.6 Å². The molecule has 0 saturated carbocycles. The summed E-state index contributed by atoms with van der Waals surface area (Å²) in [5.74, 6) is -1.46. The van der Waals surface area contributed by atoms with Crippen molar-refractivity contribution in [1.29, 1.82) is 0 Å². The summed E-state index contributed by atoms with van der Waals surface area (Å²) in [7, 11) is 0. The Balaban J connectivity index is 1.54. The van der Waals surface area contributed by atoms with Crippen LogP contribution in [-0.2, 0) is 9.59 Å². The molecule has 0 aromatic heterocycles. The molecule has 0 spiro atoms. The molecule has 2 aliphatic heterocycles. The van der Waals surface area contributed by atoms with Crippen molar-refractivity contribution in [1.82, 2.24) is 0 Å². The third-order valence-corrected chi connectivity index (χ3v) is 5.06. The van der Waals surface area contributed by atoms with Crippen LogP contribution < -0.4 is 10.6 Å². The van der Waals surface area contributed by atoms with Crippen LogP contribution in [0.1, 0.15) is 22.3 Å². The van der Waals surface area contributed by atoms with Gasteiger partial charge in [-0.1, -0.05) is 18.2 Å². The van der Waals surface area contributed by atoms with Gasteiger partial charge in [0.15, 0.2) is 0 Å². The fraction of sp³-hybridized carbons (Fsp3) is 0. The maximum atomic E-state index is 13.6. The van der Waals surface area contributed by atoms with Crippen LogP contribution in [0.4, 0.5) is 20.2 Å².